The van der Waals surface area contributed by atoms with E-state index in [-0.39, 0.29) is 18.2 Å². The van der Waals surface area contributed by atoms with Crippen LogP contribution in [0.2, 0.25) is 0 Å². The minimum Gasteiger partial charge on any atom is -0.371 e. The predicted octanol–water partition coefficient (Wildman–Crippen LogP) is 1.84. The third-order valence-electron chi connectivity index (χ3n) is 4.58. The third-order valence-corrected chi connectivity index (χ3v) is 4.58. The molecule has 1 aromatic heterocycles. The molecule has 2 N–H and O–H groups in total. The van der Waals surface area contributed by atoms with Gasteiger partial charge in [0.25, 0.3) is 5.91 Å². The number of para-hydroxylation sites is 1. The Balaban J connectivity index is 1.33. The molecule has 1 atom stereocenters. The topological polar surface area (TPSA) is 74.3 Å². The first-order valence-corrected chi connectivity index (χ1v) is 8.97. The summed E-state index contributed by atoms with van der Waals surface area (Å²) in [6, 6.07) is 13.6. The molecule has 6 heteroatoms. The van der Waals surface area contributed by atoms with Gasteiger partial charge in [0, 0.05) is 56.2 Å². The molecule has 2 amide bonds. The van der Waals surface area contributed by atoms with E-state index in [1.54, 1.807) is 24.5 Å². The lowest BCUT2D eigenvalue weighted by atomic mass is 10.1. The molecule has 2 aromatic rings. The Morgan fingerprint density at radius 2 is 1.85 bits per heavy atom. The number of rotatable bonds is 7. The van der Waals surface area contributed by atoms with Gasteiger partial charge >= 0.3 is 0 Å². The van der Waals surface area contributed by atoms with Crippen LogP contribution in [0.15, 0.2) is 54.9 Å². The van der Waals surface area contributed by atoms with Crippen LogP contribution in [-0.2, 0) is 4.79 Å². The summed E-state index contributed by atoms with van der Waals surface area (Å²) in [4.78, 5) is 30.1. The van der Waals surface area contributed by atoms with E-state index in [4.69, 9.17) is 0 Å². The quantitative estimate of drug-likeness (QED) is 0.797. The van der Waals surface area contributed by atoms with Crippen molar-refractivity contribution in [3.63, 3.8) is 0 Å². The number of aromatic nitrogens is 1. The Morgan fingerprint density at radius 3 is 2.62 bits per heavy atom. The van der Waals surface area contributed by atoms with Gasteiger partial charge in [-0.05, 0) is 36.6 Å². The van der Waals surface area contributed by atoms with Gasteiger partial charge in [-0.25, -0.2) is 0 Å². The van der Waals surface area contributed by atoms with Gasteiger partial charge in [-0.3, -0.25) is 14.6 Å². The maximum Gasteiger partial charge on any atom is 0.251 e. The standard InChI is InChI=1S/C20H24N4O2/c25-19(8-12-22-20(26)17-6-10-21-11-7-17)23-14-16-9-13-24(15-16)18-4-2-1-3-5-18/h1-7,10-11,16H,8-9,12-15H2,(H,22,26)(H,23,25). The van der Waals surface area contributed by atoms with Crippen LogP contribution < -0.4 is 15.5 Å². The minimum atomic E-state index is -0.186. The van der Waals surface area contributed by atoms with Crippen molar-refractivity contribution < 1.29 is 9.59 Å². The normalized spacial score (nSPS) is 16.3. The highest BCUT2D eigenvalue weighted by Gasteiger charge is 2.22. The largest absolute Gasteiger partial charge is 0.371 e. The van der Waals surface area contributed by atoms with Crippen molar-refractivity contribution in [3.05, 3.63) is 60.4 Å². The molecule has 1 fully saturated rings. The second-order valence-corrected chi connectivity index (χ2v) is 6.48. The monoisotopic (exact) mass is 352 g/mol. The molecule has 1 aliphatic heterocycles. The third kappa shape index (κ3) is 5.05. The molecule has 0 radical (unpaired) electrons. The SMILES string of the molecule is O=C(CCNC(=O)c1ccncc1)NCC1CCN(c2ccccc2)C1. The molecule has 136 valence electrons. The van der Waals surface area contributed by atoms with Crippen LogP contribution in [0.3, 0.4) is 0 Å². The Morgan fingerprint density at radius 1 is 1.08 bits per heavy atom. The number of amides is 2. The molecular weight excluding hydrogens is 328 g/mol. The van der Waals surface area contributed by atoms with E-state index in [1.165, 1.54) is 5.69 Å². The second kappa shape index (κ2) is 8.99. The van der Waals surface area contributed by atoms with Gasteiger partial charge in [-0.15, -0.1) is 0 Å². The van der Waals surface area contributed by atoms with Crippen molar-refractivity contribution in [2.24, 2.45) is 5.92 Å². The molecular formula is C20H24N4O2. The van der Waals surface area contributed by atoms with E-state index in [2.05, 4.69) is 32.7 Å². The van der Waals surface area contributed by atoms with Gasteiger partial charge in [0.1, 0.15) is 0 Å². The lowest BCUT2D eigenvalue weighted by molar-refractivity contribution is -0.121. The van der Waals surface area contributed by atoms with E-state index in [1.807, 2.05) is 18.2 Å². The predicted molar refractivity (Wildman–Crippen MR) is 101 cm³/mol. The fourth-order valence-corrected chi connectivity index (χ4v) is 3.11. The Hall–Kier alpha value is -2.89. The zero-order valence-corrected chi connectivity index (χ0v) is 14.7. The zero-order valence-electron chi connectivity index (χ0n) is 14.7. The average Bonchev–Trinajstić information content (AvgIpc) is 3.17. The van der Waals surface area contributed by atoms with Crippen molar-refractivity contribution in [2.45, 2.75) is 12.8 Å². The number of anilines is 1. The number of hydrogen-bond donors (Lipinski definition) is 2. The molecule has 1 unspecified atom stereocenters. The number of carbonyl (C=O) groups is 2. The summed E-state index contributed by atoms with van der Waals surface area (Å²) in [5.41, 5.74) is 1.78. The summed E-state index contributed by atoms with van der Waals surface area (Å²) in [6.07, 6.45) is 4.50. The second-order valence-electron chi connectivity index (χ2n) is 6.48. The van der Waals surface area contributed by atoms with Crippen LogP contribution in [0, 0.1) is 5.92 Å². The van der Waals surface area contributed by atoms with Gasteiger partial charge in [-0.1, -0.05) is 18.2 Å². The highest BCUT2D eigenvalue weighted by molar-refractivity contribution is 5.94. The summed E-state index contributed by atoms with van der Waals surface area (Å²) in [7, 11) is 0. The van der Waals surface area contributed by atoms with Crippen LogP contribution in [-0.4, -0.2) is 43.0 Å². The van der Waals surface area contributed by atoms with Crippen LogP contribution in [0.1, 0.15) is 23.2 Å². The lowest BCUT2D eigenvalue weighted by Crippen LogP contribution is -2.34. The van der Waals surface area contributed by atoms with E-state index in [0.29, 0.717) is 24.6 Å². The molecule has 2 heterocycles. The summed E-state index contributed by atoms with van der Waals surface area (Å²) >= 11 is 0. The van der Waals surface area contributed by atoms with Gasteiger partial charge in [-0.2, -0.15) is 0 Å². The van der Waals surface area contributed by atoms with Crippen molar-refractivity contribution >= 4 is 17.5 Å². The molecule has 0 bridgehead atoms. The molecule has 0 saturated carbocycles. The fraction of sp³-hybridized carbons (Fsp3) is 0.350. The van der Waals surface area contributed by atoms with Crippen LogP contribution in [0.5, 0.6) is 0 Å². The molecule has 1 saturated heterocycles. The van der Waals surface area contributed by atoms with Crippen molar-refractivity contribution in [1.82, 2.24) is 15.6 Å². The van der Waals surface area contributed by atoms with E-state index < -0.39 is 0 Å². The molecule has 0 aliphatic carbocycles. The number of benzene rings is 1. The molecule has 26 heavy (non-hydrogen) atoms. The van der Waals surface area contributed by atoms with Gasteiger partial charge in [0.05, 0.1) is 0 Å². The van der Waals surface area contributed by atoms with E-state index in [9.17, 15) is 9.59 Å². The number of hydrogen-bond acceptors (Lipinski definition) is 4. The smallest absolute Gasteiger partial charge is 0.251 e. The first-order valence-electron chi connectivity index (χ1n) is 8.97. The molecule has 0 spiro atoms. The molecule has 6 nitrogen and oxygen atoms in total. The lowest BCUT2D eigenvalue weighted by Gasteiger charge is -2.18. The number of carbonyl (C=O) groups excluding carboxylic acids is 2. The number of pyridine rings is 1. The summed E-state index contributed by atoms with van der Waals surface area (Å²) in [5, 5.41) is 5.73. The number of nitrogens with zero attached hydrogens (tertiary/aromatic N) is 2. The van der Waals surface area contributed by atoms with E-state index >= 15 is 0 Å². The first kappa shape index (κ1) is 17.9. The van der Waals surface area contributed by atoms with Gasteiger partial charge < -0.3 is 15.5 Å². The molecule has 1 aliphatic rings. The van der Waals surface area contributed by atoms with Gasteiger partial charge in [0.2, 0.25) is 5.91 Å². The summed E-state index contributed by atoms with van der Waals surface area (Å²) in [5.74, 6) is 0.248. The summed E-state index contributed by atoms with van der Waals surface area (Å²) in [6.45, 7) is 2.99. The highest BCUT2D eigenvalue weighted by atomic mass is 16.2. The van der Waals surface area contributed by atoms with Crippen LogP contribution >= 0.6 is 0 Å². The van der Waals surface area contributed by atoms with Crippen LogP contribution in [0.25, 0.3) is 0 Å². The van der Waals surface area contributed by atoms with Crippen LogP contribution in [0.4, 0.5) is 5.69 Å². The Kier molecular flexibility index (Phi) is 6.19. The minimum absolute atomic E-state index is 0.0295. The zero-order chi connectivity index (χ0) is 18.2. The van der Waals surface area contributed by atoms with Crippen molar-refractivity contribution in [1.29, 1.82) is 0 Å². The maximum atomic E-state index is 12.0. The summed E-state index contributed by atoms with van der Waals surface area (Å²) < 4.78 is 0. The van der Waals surface area contributed by atoms with E-state index in [0.717, 1.165) is 19.5 Å². The first-order chi connectivity index (χ1) is 12.7. The van der Waals surface area contributed by atoms with Crippen molar-refractivity contribution in [2.75, 3.05) is 31.1 Å². The average molecular weight is 352 g/mol. The number of nitrogens with one attached hydrogen (secondary N) is 2. The molecule has 3 rings (SSSR count). The fourth-order valence-electron chi connectivity index (χ4n) is 3.11. The maximum absolute atomic E-state index is 12.0. The van der Waals surface area contributed by atoms with Crippen molar-refractivity contribution in [3.8, 4) is 0 Å². The Bertz CT molecular complexity index is 721. The molecule has 1 aromatic carbocycles. The van der Waals surface area contributed by atoms with Gasteiger partial charge in [0.15, 0.2) is 0 Å². The Labute approximate surface area is 153 Å². The highest BCUT2D eigenvalue weighted by Crippen LogP contribution is 2.22.